The van der Waals surface area contributed by atoms with Gasteiger partial charge in [-0.2, -0.15) is 0 Å². The van der Waals surface area contributed by atoms with E-state index in [0.717, 1.165) is 19.3 Å². The van der Waals surface area contributed by atoms with Crippen molar-refractivity contribution in [2.24, 2.45) is 5.92 Å². The van der Waals surface area contributed by atoms with Crippen molar-refractivity contribution in [3.63, 3.8) is 0 Å². The highest BCUT2D eigenvalue weighted by Gasteiger charge is 2.37. The number of aromatic nitrogens is 2. The second-order valence-corrected chi connectivity index (χ2v) is 7.61. The number of rotatable bonds is 7. The van der Waals surface area contributed by atoms with Crippen LogP contribution in [-0.4, -0.2) is 68.5 Å². The topological polar surface area (TPSA) is 128 Å². The summed E-state index contributed by atoms with van der Waals surface area (Å²) in [5.74, 6) is -0.0883. The lowest BCUT2D eigenvalue weighted by Gasteiger charge is -2.31. The summed E-state index contributed by atoms with van der Waals surface area (Å²) < 4.78 is 0. The standard InChI is InChI=1S/C19H28N6O4/c26-17(23-29)13-24(11-7-14-4-1-2-5-14)19(28)25-10-3-6-15(25)18(27)22-16-12-20-8-9-21-16/h8-9,12,14-15,29H,1-7,10-11,13H2,(H,23,26)(H,21,22,27)/t15-/m1/s1. The van der Waals surface area contributed by atoms with Crippen molar-refractivity contribution in [1.29, 1.82) is 0 Å². The molecule has 0 radical (unpaired) electrons. The van der Waals surface area contributed by atoms with E-state index in [2.05, 4.69) is 15.3 Å². The third kappa shape index (κ3) is 5.63. The number of hydrogen-bond donors (Lipinski definition) is 3. The SMILES string of the molecule is O=C(CN(CCC1CCCC1)C(=O)N1CCC[C@@H]1C(=O)Nc1cnccn1)NO. The molecule has 1 saturated heterocycles. The van der Waals surface area contributed by atoms with Crippen LogP contribution in [0.2, 0.25) is 0 Å². The maximum Gasteiger partial charge on any atom is 0.321 e. The molecular weight excluding hydrogens is 376 g/mol. The fourth-order valence-corrected chi connectivity index (χ4v) is 4.11. The second kappa shape index (κ2) is 10.1. The number of amides is 4. The Labute approximate surface area is 169 Å². The van der Waals surface area contributed by atoms with E-state index in [-0.39, 0.29) is 18.5 Å². The van der Waals surface area contributed by atoms with E-state index in [4.69, 9.17) is 5.21 Å². The van der Waals surface area contributed by atoms with Crippen LogP contribution < -0.4 is 10.8 Å². The second-order valence-electron chi connectivity index (χ2n) is 7.61. The number of anilines is 1. The number of carbonyl (C=O) groups excluding carboxylic acids is 3. The van der Waals surface area contributed by atoms with E-state index in [1.54, 1.807) is 5.48 Å². The maximum absolute atomic E-state index is 13.2. The third-order valence-electron chi connectivity index (χ3n) is 5.63. The van der Waals surface area contributed by atoms with Gasteiger partial charge >= 0.3 is 6.03 Å². The molecule has 1 aromatic rings. The van der Waals surface area contributed by atoms with Crippen LogP contribution in [0.5, 0.6) is 0 Å². The van der Waals surface area contributed by atoms with Gasteiger partial charge in [0.1, 0.15) is 12.6 Å². The summed E-state index contributed by atoms with van der Waals surface area (Å²) in [6.07, 6.45) is 11.2. The quantitative estimate of drug-likeness (QED) is 0.465. The van der Waals surface area contributed by atoms with Gasteiger partial charge in [-0.3, -0.25) is 19.8 Å². The van der Waals surface area contributed by atoms with Crippen molar-refractivity contribution in [2.75, 3.05) is 25.0 Å². The number of hydrogen-bond acceptors (Lipinski definition) is 6. The van der Waals surface area contributed by atoms with E-state index in [1.807, 2.05) is 0 Å². The Balaban J connectivity index is 1.65. The Morgan fingerprint density at radius 2 is 1.97 bits per heavy atom. The van der Waals surface area contributed by atoms with E-state index >= 15 is 0 Å². The largest absolute Gasteiger partial charge is 0.321 e. The molecule has 10 heteroatoms. The molecule has 1 saturated carbocycles. The molecule has 0 unspecified atom stereocenters. The minimum atomic E-state index is -0.649. The average molecular weight is 404 g/mol. The van der Waals surface area contributed by atoms with Crippen LogP contribution >= 0.6 is 0 Å². The first-order chi connectivity index (χ1) is 14.1. The number of carbonyl (C=O) groups is 3. The first kappa shape index (κ1) is 21.0. The fraction of sp³-hybridized carbons (Fsp3) is 0.632. The number of hydroxylamine groups is 1. The van der Waals surface area contributed by atoms with E-state index in [9.17, 15) is 14.4 Å². The maximum atomic E-state index is 13.2. The molecule has 2 fully saturated rings. The molecule has 0 spiro atoms. The van der Waals surface area contributed by atoms with Crippen LogP contribution in [0.3, 0.4) is 0 Å². The van der Waals surface area contributed by atoms with E-state index in [1.165, 1.54) is 41.2 Å². The normalized spacial score (nSPS) is 19.2. The summed E-state index contributed by atoms with van der Waals surface area (Å²) in [7, 11) is 0. The van der Waals surface area contributed by atoms with Crippen LogP contribution in [0, 0.1) is 5.92 Å². The van der Waals surface area contributed by atoms with Crippen molar-refractivity contribution in [2.45, 2.75) is 51.0 Å². The highest BCUT2D eigenvalue weighted by atomic mass is 16.5. The van der Waals surface area contributed by atoms with Gasteiger partial charge in [-0.05, 0) is 25.2 Å². The first-order valence-electron chi connectivity index (χ1n) is 10.1. The zero-order chi connectivity index (χ0) is 20.6. The third-order valence-corrected chi connectivity index (χ3v) is 5.63. The van der Waals surface area contributed by atoms with Gasteiger partial charge in [0.15, 0.2) is 5.82 Å². The average Bonchev–Trinajstić information content (AvgIpc) is 3.43. The molecule has 0 bridgehead atoms. The Morgan fingerprint density at radius 3 is 2.66 bits per heavy atom. The van der Waals surface area contributed by atoms with Crippen LogP contribution in [-0.2, 0) is 9.59 Å². The summed E-state index contributed by atoms with van der Waals surface area (Å²) >= 11 is 0. The Hall–Kier alpha value is -2.75. The summed E-state index contributed by atoms with van der Waals surface area (Å²) in [5.41, 5.74) is 1.59. The number of likely N-dealkylation sites (tertiary alicyclic amines) is 1. The van der Waals surface area contributed by atoms with Gasteiger partial charge in [0.2, 0.25) is 5.91 Å². The Morgan fingerprint density at radius 1 is 1.17 bits per heavy atom. The highest BCUT2D eigenvalue weighted by Crippen LogP contribution is 2.28. The van der Waals surface area contributed by atoms with Crippen LogP contribution in [0.4, 0.5) is 10.6 Å². The van der Waals surface area contributed by atoms with Gasteiger partial charge in [0.05, 0.1) is 6.20 Å². The van der Waals surface area contributed by atoms with Crippen molar-refractivity contribution in [3.8, 4) is 0 Å². The lowest BCUT2D eigenvalue weighted by molar-refractivity contribution is -0.129. The fourth-order valence-electron chi connectivity index (χ4n) is 4.11. The van der Waals surface area contributed by atoms with Crippen LogP contribution in [0.25, 0.3) is 0 Å². The lowest BCUT2D eigenvalue weighted by atomic mass is 10.0. The molecular formula is C19H28N6O4. The monoisotopic (exact) mass is 404 g/mol. The summed E-state index contributed by atoms with van der Waals surface area (Å²) in [6, 6.07) is -0.987. The minimum Gasteiger partial charge on any atom is -0.315 e. The van der Waals surface area contributed by atoms with Crippen molar-refractivity contribution in [3.05, 3.63) is 18.6 Å². The molecule has 1 atom stereocenters. The van der Waals surface area contributed by atoms with E-state index in [0.29, 0.717) is 37.7 Å². The van der Waals surface area contributed by atoms with Crippen molar-refractivity contribution < 1.29 is 19.6 Å². The van der Waals surface area contributed by atoms with Gasteiger partial charge in [-0.15, -0.1) is 0 Å². The zero-order valence-electron chi connectivity index (χ0n) is 16.4. The summed E-state index contributed by atoms with van der Waals surface area (Å²) in [5, 5.41) is 11.6. The molecule has 4 amide bonds. The Bertz CT molecular complexity index is 710. The molecule has 2 heterocycles. The molecule has 29 heavy (non-hydrogen) atoms. The lowest BCUT2D eigenvalue weighted by Crippen LogP contribution is -2.51. The van der Waals surface area contributed by atoms with Crippen molar-refractivity contribution >= 4 is 23.7 Å². The highest BCUT2D eigenvalue weighted by molar-refractivity contribution is 5.97. The molecule has 2 aliphatic rings. The summed E-state index contributed by atoms with van der Waals surface area (Å²) in [4.78, 5) is 48.4. The molecule has 1 aliphatic carbocycles. The molecule has 1 aliphatic heterocycles. The molecule has 3 N–H and O–H groups in total. The number of urea groups is 1. The predicted octanol–water partition coefficient (Wildman–Crippen LogP) is 1.39. The molecule has 1 aromatic heterocycles. The zero-order valence-corrected chi connectivity index (χ0v) is 16.4. The van der Waals surface area contributed by atoms with Gasteiger partial charge in [0.25, 0.3) is 5.91 Å². The minimum absolute atomic E-state index is 0.239. The predicted molar refractivity (Wildman–Crippen MR) is 104 cm³/mol. The number of nitrogens with one attached hydrogen (secondary N) is 2. The molecule has 3 rings (SSSR count). The molecule has 10 nitrogen and oxygen atoms in total. The van der Waals surface area contributed by atoms with Gasteiger partial charge in [0, 0.05) is 25.5 Å². The molecule has 0 aromatic carbocycles. The van der Waals surface area contributed by atoms with Gasteiger partial charge in [-0.25, -0.2) is 15.3 Å². The summed E-state index contributed by atoms with van der Waals surface area (Å²) in [6.45, 7) is 0.626. The molecule has 158 valence electrons. The van der Waals surface area contributed by atoms with Crippen molar-refractivity contribution in [1.82, 2.24) is 25.2 Å². The number of nitrogens with zero attached hydrogens (tertiary/aromatic N) is 4. The Kier molecular flexibility index (Phi) is 7.34. The van der Waals surface area contributed by atoms with Gasteiger partial charge < -0.3 is 15.1 Å². The van der Waals surface area contributed by atoms with Crippen LogP contribution in [0.15, 0.2) is 18.6 Å². The van der Waals surface area contributed by atoms with E-state index < -0.39 is 11.9 Å². The van der Waals surface area contributed by atoms with Crippen LogP contribution in [0.1, 0.15) is 44.9 Å². The first-order valence-corrected chi connectivity index (χ1v) is 10.1. The van der Waals surface area contributed by atoms with Gasteiger partial charge in [-0.1, -0.05) is 25.7 Å². The smallest absolute Gasteiger partial charge is 0.315 e.